The van der Waals surface area contributed by atoms with Gasteiger partial charge in [-0.3, -0.25) is 29.0 Å². The number of fused-ring (bicyclic) bond motifs is 8. The lowest BCUT2D eigenvalue weighted by Gasteiger charge is -2.33. The van der Waals surface area contributed by atoms with Gasteiger partial charge in [0.25, 0.3) is 23.6 Å². The number of carbonyl (C=O) groups is 4. The Morgan fingerprint density at radius 2 is 0.682 bits per heavy atom. The van der Waals surface area contributed by atoms with E-state index in [2.05, 4.69) is 182 Å². The van der Waals surface area contributed by atoms with Crippen LogP contribution in [0.2, 0.25) is 0 Å². The molecule has 2 atom stereocenters. The molecule has 2 unspecified atom stereocenters. The standard InChI is InChI=1S/C80H64N4O4/c1-5-9-19-49(7-3)47-81-77(85)63-43-41-61-72-54(36-30-52-33-39-56(40-34-52)84-69-27-17-13-23-59(69)60-24-14-18-28-70(60)84)46-66-74-64(78(86)82(80(66)88)48-50(8-4)20-10-6-2)44-42-62(76(72)74)71-53(45-65(79(81)87)73(63)75(61)71)35-29-51-31-37-55(38-32-51)83-67-25-15-11-21-57(67)58-22-12-16-26-68(58)83/h11-18,21-28,31-34,37-46,49-50H,5-10,19-20,47-48H2,1-4H3. The fourth-order valence-corrected chi connectivity index (χ4v) is 14.5. The molecule has 0 N–H and O–H groups in total. The number of aromatic nitrogens is 2. The highest BCUT2D eigenvalue weighted by Crippen LogP contribution is 2.49. The van der Waals surface area contributed by atoms with Crippen LogP contribution >= 0.6 is 0 Å². The summed E-state index contributed by atoms with van der Waals surface area (Å²) in [5.41, 5.74) is 11.0. The predicted molar refractivity (Wildman–Crippen MR) is 359 cm³/mol. The van der Waals surface area contributed by atoms with Gasteiger partial charge in [0.15, 0.2) is 0 Å². The van der Waals surface area contributed by atoms with Gasteiger partial charge >= 0.3 is 0 Å². The highest BCUT2D eigenvalue weighted by Gasteiger charge is 2.39. The van der Waals surface area contributed by atoms with Gasteiger partial charge in [0.2, 0.25) is 0 Å². The van der Waals surface area contributed by atoms with Crippen LogP contribution < -0.4 is 0 Å². The average molecular weight is 1150 g/mol. The van der Waals surface area contributed by atoms with Crippen molar-refractivity contribution in [3.8, 4) is 35.1 Å². The number of hydrogen-bond acceptors (Lipinski definition) is 4. The first-order chi connectivity index (χ1) is 43.2. The Bertz CT molecular complexity index is 4780. The summed E-state index contributed by atoms with van der Waals surface area (Å²) in [5, 5.41) is 10.4. The maximum atomic E-state index is 15.4. The first-order valence-corrected chi connectivity index (χ1v) is 31.4. The highest BCUT2D eigenvalue weighted by molar-refractivity contribution is 6.42. The van der Waals surface area contributed by atoms with Crippen LogP contribution in [-0.4, -0.2) is 55.7 Å². The molecule has 4 heterocycles. The summed E-state index contributed by atoms with van der Waals surface area (Å²) in [5.74, 6) is 13.3. The van der Waals surface area contributed by atoms with Crippen LogP contribution in [0.5, 0.6) is 0 Å². The van der Waals surface area contributed by atoms with Crippen molar-refractivity contribution in [1.29, 1.82) is 0 Å². The summed E-state index contributed by atoms with van der Waals surface area (Å²) in [6, 6.07) is 61.9. The first-order valence-electron chi connectivity index (χ1n) is 31.4. The summed E-state index contributed by atoms with van der Waals surface area (Å²) < 4.78 is 4.56. The molecule has 2 aliphatic rings. The number of hydrogen-bond donors (Lipinski definition) is 0. The SMILES string of the molecule is CCCCC(CC)CN1C(=O)c2ccc3c4c(C#Cc5ccc(-n6c7ccccc7c7ccccc76)cc5)cc5c6c(ccc(c7c(C#Cc8ccc(-n9c%10ccccc%10c%10ccccc%109)cc8)cc(c2c37)C1=O)c64)C(=O)N(CC(CC)CCCC)C5=O. The van der Waals surface area contributed by atoms with Gasteiger partial charge in [0.1, 0.15) is 0 Å². The Hall–Kier alpha value is -10.3. The van der Waals surface area contributed by atoms with Crippen LogP contribution in [0, 0.1) is 35.5 Å². The molecule has 88 heavy (non-hydrogen) atoms. The van der Waals surface area contributed by atoms with Gasteiger partial charge in [-0.15, -0.1) is 0 Å². The van der Waals surface area contributed by atoms with Gasteiger partial charge in [0.05, 0.1) is 22.1 Å². The Balaban J connectivity index is 0.949. The molecule has 15 rings (SSSR count). The average Bonchev–Trinajstić information content (AvgIpc) is 0.950. The van der Waals surface area contributed by atoms with Gasteiger partial charge in [-0.2, -0.15) is 0 Å². The minimum atomic E-state index is -0.337. The minimum absolute atomic E-state index is 0.148. The van der Waals surface area contributed by atoms with E-state index in [-0.39, 0.29) is 35.5 Å². The molecule has 0 bridgehead atoms. The number of imide groups is 2. The second-order valence-corrected chi connectivity index (χ2v) is 24.1. The van der Waals surface area contributed by atoms with Crippen LogP contribution in [0.25, 0.3) is 98.1 Å². The second-order valence-electron chi connectivity index (χ2n) is 24.1. The Kier molecular flexibility index (Phi) is 13.5. The molecule has 0 aliphatic carbocycles. The molecule has 8 nitrogen and oxygen atoms in total. The Morgan fingerprint density at radius 3 is 1.02 bits per heavy atom. The molecule has 2 aliphatic heterocycles. The number of benzene rings is 11. The highest BCUT2D eigenvalue weighted by atomic mass is 16.2. The normalized spacial score (nSPS) is 13.9. The van der Waals surface area contributed by atoms with Crippen LogP contribution in [0.1, 0.15) is 143 Å². The molecule has 8 heteroatoms. The van der Waals surface area contributed by atoms with Crippen molar-refractivity contribution in [2.75, 3.05) is 13.1 Å². The van der Waals surface area contributed by atoms with Gasteiger partial charge in [-0.05, 0) is 133 Å². The molecule has 0 spiro atoms. The quantitative estimate of drug-likeness (QED) is 0.0470. The van der Waals surface area contributed by atoms with Crippen LogP contribution in [-0.2, 0) is 0 Å². The topological polar surface area (TPSA) is 84.6 Å². The van der Waals surface area contributed by atoms with E-state index < -0.39 is 0 Å². The monoisotopic (exact) mass is 1140 g/mol. The van der Waals surface area contributed by atoms with Crippen molar-refractivity contribution in [2.24, 2.45) is 11.8 Å². The fourth-order valence-electron chi connectivity index (χ4n) is 14.5. The van der Waals surface area contributed by atoms with Gasteiger partial charge in [0, 0.05) is 123 Å². The summed E-state index contributed by atoms with van der Waals surface area (Å²) in [6.07, 6.45) is 7.57. The number of rotatable bonds is 14. The molecule has 0 saturated heterocycles. The molecule has 2 aromatic heterocycles. The number of unbranched alkanes of at least 4 members (excludes halogenated alkanes) is 2. The predicted octanol–water partition coefficient (Wildman–Crippen LogP) is 18.4. The van der Waals surface area contributed by atoms with Crippen molar-refractivity contribution in [1.82, 2.24) is 18.9 Å². The van der Waals surface area contributed by atoms with E-state index in [1.807, 2.05) is 60.7 Å². The number of carbonyl (C=O) groups excluding carboxylic acids is 4. The minimum Gasteiger partial charge on any atom is -0.309 e. The third kappa shape index (κ3) is 8.60. The van der Waals surface area contributed by atoms with E-state index in [9.17, 15) is 0 Å². The zero-order chi connectivity index (χ0) is 59.9. The van der Waals surface area contributed by atoms with Crippen molar-refractivity contribution in [2.45, 2.75) is 79.1 Å². The van der Waals surface area contributed by atoms with E-state index in [0.717, 1.165) is 128 Å². The van der Waals surface area contributed by atoms with Gasteiger partial charge < -0.3 is 9.13 Å². The lowest BCUT2D eigenvalue weighted by atomic mass is 9.79. The van der Waals surface area contributed by atoms with Crippen LogP contribution in [0.4, 0.5) is 0 Å². The van der Waals surface area contributed by atoms with E-state index in [4.69, 9.17) is 0 Å². The largest absolute Gasteiger partial charge is 0.309 e. The van der Waals surface area contributed by atoms with E-state index >= 15 is 19.2 Å². The summed E-state index contributed by atoms with van der Waals surface area (Å²) in [6.45, 7) is 9.24. The molecule has 0 saturated carbocycles. The number of amides is 4. The molecule has 0 radical (unpaired) electrons. The smallest absolute Gasteiger partial charge is 0.261 e. The Labute approximate surface area is 511 Å². The third-order valence-electron chi connectivity index (χ3n) is 19.1. The maximum absolute atomic E-state index is 15.4. The molecule has 0 fully saturated rings. The van der Waals surface area contributed by atoms with E-state index in [0.29, 0.717) is 57.2 Å². The van der Waals surface area contributed by atoms with Crippen molar-refractivity contribution in [3.05, 3.63) is 226 Å². The van der Waals surface area contributed by atoms with Crippen molar-refractivity contribution < 1.29 is 19.2 Å². The Morgan fingerprint density at radius 1 is 0.341 bits per heavy atom. The summed E-state index contributed by atoms with van der Waals surface area (Å²) in [7, 11) is 0. The molecule has 13 aromatic rings. The number of nitrogens with zero attached hydrogens (tertiary/aromatic N) is 4. The first kappa shape index (κ1) is 54.4. The van der Waals surface area contributed by atoms with Gasteiger partial charge in [-0.25, -0.2) is 0 Å². The second kappa shape index (κ2) is 21.9. The molecule has 4 amide bonds. The van der Waals surface area contributed by atoms with Crippen molar-refractivity contribution in [3.63, 3.8) is 0 Å². The van der Waals surface area contributed by atoms with Crippen LogP contribution in [0.3, 0.4) is 0 Å². The lowest BCUT2D eigenvalue weighted by Crippen LogP contribution is -2.43. The summed E-state index contributed by atoms with van der Waals surface area (Å²) in [4.78, 5) is 63.8. The number of para-hydroxylation sites is 4. The maximum Gasteiger partial charge on any atom is 0.261 e. The third-order valence-corrected chi connectivity index (χ3v) is 19.1. The summed E-state index contributed by atoms with van der Waals surface area (Å²) >= 11 is 0. The van der Waals surface area contributed by atoms with Gasteiger partial charge in [-0.1, -0.05) is 175 Å². The zero-order valence-corrected chi connectivity index (χ0v) is 50.0. The molecular formula is C80H64N4O4. The molecule has 11 aromatic carbocycles. The molecule has 428 valence electrons. The van der Waals surface area contributed by atoms with E-state index in [1.165, 1.54) is 31.3 Å². The zero-order valence-electron chi connectivity index (χ0n) is 50.0. The fraction of sp³-hybridized carbons (Fsp3) is 0.200. The van der Waals surface area contributed by atoms with E-state index in [1.54, 1.807) is 0 Å². The van der Waals surface area contributed by atoms with Crippen molar-refractivity contribution >= 4 is 110 Å². The molecular weight excluding hydrogens is 1080 g/mol. The van der Waals surface area contributed by atoms with Crippen LogP contribution in [0.15, 0.2) is 182 Å². The lowest BCUT2D eigenvalue weighted by molar-refractivity contribution is 0.0565.